The highest BCUT2D eigenvalue weighted by Gasteiger charge is 2.32. The summed E-state index contributed by atoms with van der Waals surface area (Å²) in [5, 5.41) is 3.49. The summed E-state index contributed by atoms with van der Waals surface area (Å²) in [4.78, 5) is 4.97. The number of benzene rings is 1. The Morgan fingerprint density at radius 1 is 1.30 bits per heavy atom. The second-order valence-corrected chi connectivity index (χ2v) is 6.42. The van der Waals surface area contributed by atoms with Crippen LogP contribution in [-0.2, 0) is 0 Å². The zero-order valence-electron chi connectivity index (χ0n) is 13.6. The topological polar surface area (TPSA) is 18.5 Å². The fourth-order valence-electron chi connectivity index (χ4n) is 3.45. The fourth-order valence-corrected chi connectivity index (χ4v) is 3.45. The first kappa shape index (κ1) is 15.5. The van der Waals surface area contributed by atoms with Crippen LogP contribution in [0.25, 0.3) is 0 Å². The van der Waals surface area contributed by atoms with E-state index >= 15 is 0 Å². The molecule has 0 amide bonds. The van der Waals surface area contributed by atoms with Crippen LogP contribution in [-0.4, -0.2) is 56.6 Å². The van der Waals surface area contributed by atoms with Crippen LogP contribution in [0.3, 0.4) is 0 Å². The van der Waals surface area contributed by atoms with Gasteiger partial charge in [0.25, 0.3) is 0 Å². The second kappa shape index (κ2) is 6.70. The molecule has 1 heterocycles. The average Bonchev–Trinajstić information content (AvgIpc) is 2.78. The van der Waals surface area contributed by atoms with Crippen molar-refractivity contribution in [2.24, 2.45) is 5.92 Å². The van der Waals surface area contributed by atoms with Crippen molar-refractivity contribution in [3.63, 3.8) is 0 Å². The largest absolute Gasteiger partial charge is 0.312 e. The number of likely N-dealkylation sites (tertiary alicyclic amines) is 1. The molecule has 0 aromatic heterocycles. The molecule has 0 spiro atoms. The zero-order chi connectivity index (χ0) is 14.7. The van der Waals surface area contributed by atoms with Crippen LogP contribution in [0.1, 0.15) is 24.1 Å². The molecule has 0 radical (unpaired) electrons. The number of hydrogen-bond donors (Lipinski definition) is 1. The van der Waals surface area contributed by atoms with E-state index in [-0.39, 0.29) is 0 Å². The molecular formula is C17H29N3. The number of nitrogens with one attached hydrogen (secondary N) is 1. The van der Waals surface area contributed by atoms with Gasteiger partial charge >= 0.3 is 0 Å². The molecule has 0 saturated carbocycles. The molecule has 1 aliphatic rings. The maximum Gasteiger partial charge on any atom is 0.0449 e. The van der Waals surface area contributed by atoms with Gasteiger partial charge in [0.1, 0.15) is 0 Å². The highest BCUT2D eigenvalue weighted by Crippen LogP contribution is 2.24. The molecule has 3 unspecified atom stereocenters. The van der Waals surface area contributed by atoms with Crippen LogP contribution in [0.5, 0.6) is 0 Å². The highest BCUT2D eigenvalue weighted by atomic mass is 15.2. The minimum absolute atomic E-state index is 0.421. The maximum absolute atomic E-state index is 3.49. The van der Waals surface area contributed by atoms with Gasteiger partial charge in [-0.25, -0.2) is 0 Å². The normalized spacial score (nSPS) is 25.3. The van der Waals surface area contributed by atoms with Crippen molar-refractivity contribution >= 4 is 0 Å². The van der Waals surface area contributed by atoms with Gasteiger partial charge in [-0.1, -0.05) is 31.2 Å². The van der Waals surface area contributed by atoms with Gasteiger partial charge in [0.2, 0.25) is 0 Å². The average molecular weight is 275 g/mol. The lowest BCUT2D eigenvalue weighted by molar-refractivity contribution is 0.244. The Hall–Kier alpha value is -0.900. The lowest BCUT2D eigenvalue weighted by atomic mass is 10.0. The van der Waals surface area contributed by atoms with Gasteiger partial charge in [-0.05, 0) is 45.1 Å². The van der Waals surface area contributed by atoms with E-state index in [1.54, 1.807) is 0 Å². The molecule has 1 aromatic carbocycles. The summed E-state index contributed by atoms with van der Waals surface area (Å²) < 4.78 is 0. The first-order chi connectivity index (χ1) is 9.52. The number of nitrogens with zero attached hydrogens (tertiary/aromatic N) is 2. The summed E-state index contributed by atoms with van der Waals surface area (Å²) in [5.41, 5.74) is 2.80. The lowest BCUT2D eigenvalue weighted by Crippen LogP contribution is -2.36. The molecule has 2 rings (SSSR count). The van der Waals surface area contributed by atoms with Crippen molar-refractivity contribution in [2.75, 3.05) is 40.8 Å². The fraction of sp³-hybridized carbons (Fsp3) is 0.647. The maximum atomic E-state index is 3.49. The minimum Gasteiger partial charge on any atom is -0.312 e. The molecule has 3 atom stereocenters. The van der Waals surface area contributed by atoms with E-state index in [9.17, 15) is 0 Å². The van der Waals surface area contributed by atoms with Gasteiger partial charge in [0.15, 0.2) is 0 Å². The molecule has 1 saturated heterocycles. The first-order valence-corrected chi connectivity index (χ1v) is 7.64. The summed E-state index contributed by atoms with van der Waals surface area (Å²) in [5.74, 6) is 0.749. The van der Waals surface area contributed by atoms with Gasteiger partial charge in [-0.15, -0.1) is 0 Å². The van der Waals surface area contributed by atoms with Gasteiger partial charge in [-0.3, -0.25) is 4.90 Å². The minimum atomic E-state index is 0.421. The number of rotatable bonds is 5. The third-order valence-corrected chi connectivity index (χ3v) is 4.66. The Bertz CT molecular complexity index is 430. The number of likely N-dealkylation sites (N-methyl/N-ethyl adjacent to an activating group) is 2. The van der Waals surface area contributed by atoms with Gasteiger partial charge in [0, 0.05) is 31.7 Å². The van der Waals surface area contributed by atoms with E-state index in [1.165, 1.54) is 24.2 Å². The summed E-state index contributed by atoms with van der Waals surface area (Å²) in [6.45, 7) is 8.04. The third kappa shape index (κ3) is 3.40. The van der Waals surface area contributed by atoms with Crippen LogP contribution < -0.4 is 5.32 Å². The van der Waals surface area contributed by atoms with E-state index < -0.39 is 0 Å². The highest BCUT2D eigenvalue weighted by molar-refractivity contribution is 5.29. The molecule has 3 heteroatoms. The van der Waals surface area contributed by atoms with Crippen LogP contribution in [0.15, 0.2) is 24.3 Å². The smallest absolute Gasteiger partial charge is 0.0449 e. The molecule has 0 aliphatic carbocycles. The van der Waals surface area contributed by atoms with E-state index in [0.717, 1.165) is 12.5 Å². The molecule has 1 aliphatic heterocycles. The molecule has 0 bridgehead atoms. The van der Waals surface area contributed by atoms with Crippen LogP contribution >= 0.6 is 0 Å². The Labute approximate surface area is 124 Å². The van der Waals surface area contributed by atoms with Crippen molar-refractivity contribution in [2.45, 2.75) is 25.9 Å². The van der Waals surface area contributed by atoms with Crippen LogP contribution in [0, 0.1) is 12.8 Å². The van der Waals surface area contributed by atoms with Crippen molar-refractivity contribution in [1.29, 1.82) is 0 Å². The summed E-state index contributed by atoms with van der Waals surface area (Å²) in [7, 11) is 6.46. The van der Waals surface area contributed by atoms with Crippen molar-refractivity contribution < 1.29 is 0 Å². The molecule has 112 valence electrons. The van der Waals surface area contributed by atoms with Crippen molar-refractivity contribution in [3.05, 3.63) is 35.4 Å². The summed E-state index contributed by atoms with van der Waals surface area (Å²) in [6, 6.07) is 9.82. The standard InChI is InChI=1S/C17H29N3/c1-13-8-6-7-9-15(13)16(18-3)11-20-10-14(2)17(12-20)19(4)5/h6-9,14,16-18H,10-12H2,1-5H3. The van der Waals surface area contributed by atoms with Gasteiger partial charge < -0.3 is 10.2 Å². The monoisotopic (exact) mass is 275 g/mol. The quantitative estimate of drug-likeness (QED) is 0.888. The summed E-state index contributed by atoms with van der Waals surface area (Å²) >= 11 is 0. The molecule has 20 heavy (non-hydrogen) atoms. The number of aryl methyl sites for hydroxylation is 1. The predicted octanol–water partition coefficient (Wildman–Crippen LogP) is 2.14. The Balaban J connectivity index is 2.03. The molecule has 3 nitrogen and oxygen atoms in total. The zero-order valence-corrected chi connectivity index (χ0v) is 13.6. The van der Waals surface area contributed by atoms with Crippen molar-refractivity contribution in [3.8, 4) is 0 Å². The summed E-state index contributed by atoms with van der Waals surface area (Å²) in [6.07, 6.45) is 0. The SMILES string of the molecule is CNC(CN1CC(C)C(N(C)C)C1)c1ccccc1C. The van der Waals surface area contributed by atoms with Crippen LogP contribution in [0.4, 0.5) is 0 Å². The van der Waals surface area contributed by atoms with Gasteiger partial charge in [-0.2, -0.15) is 0 Å². The molecular weight excluding hydrogens is 246 g/mol. The van der Waals surface area contributed by atoms with E-state index in [0.29, 0.717) is 12.1 Å². The second-order valence-electron chi connectivity index (χ2n) is 6.42. The molecule has 1 fully saturated rings. The molecule has 1 N–H and O–H groups in total. The van der Waals surface area contributed by atoms with Gasteiger partial charge in [0.05, 0.1) is 0 Å². The van der Waals surface area contributed by atoms with E-state index in [2.05, 4.69) is 74.4 Å². The lowest BCUT2D eigenvalue weighted by Gasteiger charge is -2.26. The predicted molar refractivity (Wildman–Crippen MR) is 86.1 cm³/mol. The third-order valence-electron chi connectivity index (χ3n) is 4.66. The van der Waals surface area contributed by atoms with Crippen molar-refractivity contribution in [1.82, 2.24) is 15.1 Å². The van der Waals surface area contributed by atoms with Crippen LogP contribution in [0.2, 0.25) is 0 Å². The Kier molecular flexibility index (Phi) is 5.19. The Morgan fingerprint density at radius 2 is 2.00 bits per heavy atom. The first-order valence-electron chi connectivity index (χ1n) is 7.64. The molecule has 1 aromatic rings. The Morgan fingerprint density at radius 3 is 2.55 bits per heavy atom. The van der Waals surface area contributed by atoms with E-state index in [4.69, 9.17) is 0 Å². The number of hydrogen-bond acceptors (Lipinski definition) is 3. The van der Waals surface area contributed by atoms with E-state index in [1.807, 2.05) is 0 Å².